The van der Waals surface area contributed by atoms with Crippen LogP contribution in [0.25, 0.3) is 0 Å². The lowest BCUT2D eigenvalue weighted by Crippen LogP contribution is -2.47. The van der Waals surface area contributed by atoms with Crippen LogP contribution in [0.5, 0.6) is 0 Å². The van der Waals surface area contributed by atoms with E-state index >= 15 is 0 Å². The van der Waals surface area contributed by atoms with Gasteiger partial charge in [-0.15, -0.1) is 0 Å². The summed E-state index contributed by atoms with van der Waals surface area (Å²) in [4.78, 5) is 12.0. The van der Waals surface area contributed by atoms with E-state index in [9.17, 15) is 4.79 Å². The van der Waals surface area contributed by atoms with E-state index in [-0.39, 0.29) is 11.8 Å². The minimum atomic E-state index is -0.0315. The smallest absolute Gasteiger partial charge is 0.242 e. The Balaban J connectivity index is 1.39. The van der Waals surface area contributed by atoms with E-state index in [1.54, 1.807) is 6.26 Å². The van der Waals surface area contributed by atoms with Crippen molar-refractivity contribution in [2.75, 3.05) is 0 Å². The average molecular weight is 315 g/mol. The van der Waals surface area contributed by atoms with Gasteiger partial charge in [-0.2, -0.15) is 0 Å². The van der Waals surface area contributed by atoms with Crippen LogP contribution in [0.3, 0.4) is 0 Å². The highest BCUT2D eigenvalue weighted by atomic mass is 32.1. The summed E-state index contributed by atoms with van der Waals surface area (Å²) in [6.45, 7) is 0.477. The predicted octanol–water partition coefficient (Wildman–Crippen LogP) is 2.08. The highest BCUT2D eigenvalue weighted by molar-refractivity contribution is 7.80. The number of nitrogens with one attached hydrogen (secondary N) is 3. The fraction of sp³-hybridized carbons (Fsp3) is 0.250. The van der Waals surface area contributed by atoms with Crippen molar-refractivity contribution in [3.63, 3.8) is 0 Å². The maximum Gasteiger partial charge on any atom is 0.242 e. The molecular formula is C16H17N3O2S. The number of carbonyl (C=O) groups is 1. The van der Waals surface area contributed by atoms with Gasteiger partial charge in [0, 0.05) is 5.92 Å². The van der Waals surface area contributed by atoms with Crippen molar-refractivity contribution < 1.29 is 9.21 Å². The lowest BCUT2D eigenvalue weighted by Gasteiger charge is -2.10. The van der Waals surface area contributed by atoms with Crippen molar-refractivity contribution in [1.82, 2.24) is 16.2 Å². The zero-order valence-electron chi connectivity index (χ0n) is 11.9. The molecule has 1 aromatic heterocycles. The summed E-state index contributed by atoms with van der Waals surface area (Å²) in [6, 6.07) is 13.7. The van der Waals surface area contributed by atoms with Gasteiger partial charge in [-0.1, -0.05) is 30.3 Å². The van der Waals surface area contributed by atoms with E-state index in [1.165, 1.54) is 5.56 Å². The number of furan rings is 1. The van der Waals surface area contributed by atoms with Crippen molar-refractivity contribution in [3.8, 4) is 0 Å². The molecule has 0 unspecified atom stereocenters. The summed E-state index contributed by atoms with van der Waals surface area (Å²) in [5, 5.41) is 3.32. The molecule has 1 heterocycles. The van der Waals surface area contributed by atoms with Gasteiger partial charge in [0.2, 0.25) is 5.91 Å². The first-order valence-corrected chi connectivity index (χ1v) is 7.56. The van der Waals surface area contributed by atoms with E-state index in [0.29, 0.717) is 17.6 Å². The summed E-state index contributed by atoms with van der Waals surface area (Å²) in [5.74, 6) is 1.08. The number of hydrogen-bond acceptors (Lipinski definition) is 3. The van der Waals surface area contributed by atoms with Crippen molar-refractivity contribution in [2.45, 2.75) is 18.9 Å². The van der Waals surface area contributed by atoms with Crippen molar-refractivity contribution >= 4 is 23.2 Å². The molecule has 3 rings (SSSR count). The van der Waals surface area contributed by atoms with Crippen LogP contribution in [-0.4, -0.2) is 11.0 Å². The topological polar surface area (TPSA) is 66.3 Å². The lowest BCUT2D eigenvalue weighted by atomic mass is 10.1. The third-order valence-corrected chi connectivity index (χ3v) is 3.90. The maximum atomic E-state index is 12.0. The summed E-state index contributed by atoms with van der Waals surface area (Å²) >= 11 is 5.10. The van der Waals surface area contributed by atoms with Crippen LogP contribution in [0.15, 0.2) is 53.1 Å². The lowest BCUT2D eigenvalue weighted by molar-refractivity contribution is -0.122. The number of thiocarbonyl (C=S) groups is 1. The Morgan fingerprint density at radius 1 is 1.18 bits per heavy atom. The summed E-state index contributed by atoms with van der Waals surface area (Å²) < 4.78 is 5.18. The highest BCUT2D eigenvalue weighted by Crippen LogP contribution is 2.47. The second kappa shape index (κ2) is 6.62. The Morgan fingerprint density at radius 2 is 2.00 bits per heavy atom. The summed E-state index contributed by atoms with van der Waals surface area (Å²) in [7, 11) is 0. The second-order valence-corrected chi connectivity index (χ2v) is 5.64. The highest BCUT2D eigenvalue weighted by Gasteiger charge is 2.43. The van der Waals surface area contributed by atoms with Crippen LogP contribution in [0.4, 0.5) is 0 Å². The number of benzene rings is 1. The van der Waals surface area contributed by atoms with Crippen LogP contribution in [-0.2, 0) is 11.3 Å². The average Bonchev–Trinajstić information content (AvgIpc) is 3.19. The van der Waals surface area contributed by atoms with Gasteiger partial charge in [0.05, 0.1) is 12.8 Å². The molecule has 1 fully saturated rings. The Hall–Kier alpha value is -2.34. The van der Waals surface area contributed by atoms with Gasteiger partial charge in [-0.3, -0.25) is 15.6 Å². The van der Waals surface area contributed by atoms with Crippen LogP contribution in [0, 0.1) is 5.92 Å². The van der Waals surface area contributed by atoms with Gasteiger partial charge in [-0.05, 0) is 42.3 Å². The third-order valence-electron chi connectivity index (χ3n) is 3.66. The molecule has 2 atom stereocenters. The molecule has 0 spiro atoms. The summed E-state index contributed by atoms with van der Waals surface area (Å²) in [6.07, 6.45) is 2.48. The predicted molar refractivity (Wildman–Crippen MR) is 86.7 cm³/mol. The molecule has 114 valence electrons. The molecule has 22 heavy (non-hydrogen) atoms. The first-order chi connectivity index (χ1) is 10.7. The Labute approximate surface area is 134 Å². The number of hydrazine groups is 1. The molecule has 3 N–H and O–H groups in total. The monoisotopic (exact) mass is 315 g/mol. The number of rotatable bonds is 4. The molecule has 1 saturated carbocycles. The standard InChI is InChI=1S/C16H17N3O2S/c20-15(14-9-13(14)11-5-2-1-3-6-11)18-19-16(22)17-10-12-7-4-8-21-12/h1-8,13-14H,9-10H2,(H,18,20)(H2,17,19,22)/t13-,14-/m1/s1. The van der Waals surface area contributed by atoms with Crippen molar-refractivity contribution in [1.29, 1.82) is 0 Å². The molecule has 1 aliphatic rings. The molecule has 1 aromatic carbocycles. The molecule has 0 saturated heterocycles. The van der Waals surface area contributed by atoms with E-state index in [0.717, 1.165) is 12.2 Å². The van der Waals surface area contributed by atoms with Gasteiger partial charge in [0.25, 0.3) is 0 Å². The van der Waals surface area contributed by atoms with Crippen LogP contribution in [0.1, 0.15) is 23.7 Å². The van der Waals surface area contributed by atoms with Gasteiger partial charge in [0.1, 0.15) is 5.76 Å². The first-order valence-electron chi connectivity index (χ1n) is 7.15. The Morgan fingerprint density at radius 3 is 2.73 bits per heavy atom. The van der Waals surface area contributed by atoms with Gasteiger partial charge < -0.3 is 9.73 Å². The van der Waals surface area contributed by atoms with Crippen LogP contribution < -0.4 is 16.2 Å². The van der Waals surface area contributed by atoms with Crippen LogP contribution in [0.2, 0.25) is 0 Å². The molecule has 0 bridgehead atoms. The molecule has 1 aliphatic carbocycles. The molecule has 5 nitrogen and oxygen atoms in total. The molecule has 0 radical (unpaired) electrons. The number of amides is 1. The second-order valence-electron chi connectivity index (χ2n) is 5.24. The fourth-order valence-electron chi connectivity index (χ4n) is 2.39. The van der Waals surface area contributed by atoms with Crippen molar-refractivity contribution in [3.05, 3.63) is 60.1 Å². The Bertz CT molecular complexity index is 643. The van der Waals surface area contributed by atoms with Gasteiger partial charge >= 0.3 is 0 Å². The molecular weight excluding hydrogens is 298 g/mol. The molecule has 6 heteroatoms. The quantitative estimate of drug-likeness (QED) is 0.595. The largest absolute Gasteiger partial charge is 0.467 e. The van der Waals surface area contributed by atoms with E-state index < -0.39 is 0 Å². The molecule has 0 aliphatic heterocycles. The minimum absolute atomic E-state index is 0.0165. The summed E-state index contributed by atoms with van der Waals surface area (Å²) in [5.41, 5.74) is 6.58. The first kappa shape index (κ1) is 14.6. The minimum Gasteiger partial charge on any atom is -0.467 e. The normalized spacial score (nSPS) is 19.3. The Kier molecular flexibility index (Phi) is 4.39. The SMILES string of the molecule is O=C(NNC(=S)NCc1ccco1)[C@@H]1C[C@@H]1c1ccccc1. The zero-order chi connectivity index (χ0) is 15.4. The van der Waals surface area contributed by atoms with Crippen LogP contribution >= 0.6 is 12.2 Å². The van der Waals surface area contributed by atoms with E-state index in [2.05, 4.69) is 28.3 Å². The van der Waals surface area contributed by atoms with Gasteiger partial charge in [-0.25, -0.2) is 0 Å². The molecule has 2 aromatic rings. The zero-order valence-corrected chi connectivity index (χ0v) is 12.7. The van der Waals surface area contributed by atoms with Gasteiger partial charge in [0.15, 0.2) is 5.11 Å². The van der Waals surface area contributed by atoms with E-state index in [1.807, 2.05) is 30.3 Å². The molecule has 1 amide bonds. The number of hydrogen-bond donors (Lipinski definition) is 3. The van der Waals surface area contributed by atoms with Crippen molar-refractivity contribution in [2.24, 2.45) is 5.92 Å². The third kappa shape index (κ3) is 3.65. The number of carbonyl (C=O) groups excluding carboxylic acids is 1. The maximum absolute atomic E-state index is 12.0. The fourth-order valence-corrected chi connectivity index (χ4v) is 2.51. The van der Waals surface area contributed by atoms with E-state index in [4.69, 9.17) is 16.6 Å².